The number of likely N-dealkylation sites (N-methyl/N-ethyl adjacent to an activating group) is 1. The van der Waals surface area contributed by atoms with E-state index in [1.165, 1.54) is 21.4 Å². The molecule has 0 aliphatic heterocycles. The lowest BCUT2D eigenvalue weighted by Gasteiger charge is -2.14. The van der Waals surface area contributed by atoms with E-state index in [4.69, 9.17) is 0 Å². The van der Waals surface area contributed by atoms with Crippen LogP contribution in [0.1, 0.15) is 24.6 Å². The van der Waals surface area contributed by atoms with Gasteiger partial charge in [-0.1, -0.05) is 52.7 Å². The number of aryl methyl sites for hydroxylation is 1. The van der Waals surface area contributed by atoms with Gasteiger partial charge in [0.15, 0.2) is 0 Å². The van der Waals surface area contributed by atoms with Gasteiger partial charge in [0.2, 0.25) is 10.1 Å². The molecule has 0 fully saturated rings. The largest absolute Gasteiger partial charge is 0.349 e. The zero-order chi connectivity index (χ0) is 17.1. The standard InChI is InChI=1S/C17H19BrN4OS/c1-3-4-14-11-15(23)22-16(19-14)24-17(20-22)21(2)10-9-12-5-7-13(18)8-6-12/h5-8,11H,3-4,9-10H2,1-2H3. The molecule has 0 saturated carbocycles. The Morgan fingerprint density at radius 3 is 2.71 bits per heavy atom. The van der Waals surface area contributed by atoms with Crippen molar-refractivity contribution >= 4 is 37.4 Å². The number of hydrogen-bond donors (Lipinski definition) is 0. The first-order valence-corrected chi connectivity index (χ1v) is 9.53. The van der Waals surface area contributed by atoms with Gasteiger partial charge in [-0.3, -0.25) is 4.79 Å². The van der Waals surface area contributed by atoms with Crippen LogP contribution in [0, 0.1) is 0 Å². The van der Waals surface area contributed by atoms with Crippen molar-refractivity contribution < 1.29 is 0 Å². The molecule has 0 aliphatic carbocycles. The summed E-state index contributed by atoms with van der Waals surface area (Å²) in [6.07, 6.45) is 2.71. The van der Waals surface area contributed by atoms with Crippen molar-refractivity contribution in [2.45, 2.75) is 26.2 Å². The third-order valence-corrected chi connectivity index (χ3v) is 5.32. The van der Waals surface area contributed by atoms with Gasteiger partial charge in [-0.25, -0.2) is 4.98 Å². The second-order valence-corrected chi connectivity index (χ2v) is 7.56. The van der Waals surface area contributed by atoms with Gasteiger partial charge in [0, 0.05) is 29.8 Å². The van der Waals surface area contributed by atoms with Gasteiger partial charge in [-0.05, 0) is 30.5 Å². The lowest BCUT2D eigenvalue weighted by Crippen LogP contribution is -2.21. The Balaban J connectivity index is 1.77. The minimum atomic E-state index is -0.104. The number of hydrogen-bond acceptors (Lipinski definition) is 5. The van der Waals surface area contributed by atoms with E-state index in [0.29, 0.717) is 4.96 Å². The molecule has 1 aromatic carbocycles. The Bertz CT molecular complexity index is 888. The maximum Gasteiger partial charge on any atom is 0.275 e. The molecule has 24 heavy (non-hydrogen) atoms. The normalized spacial score (nSPS) is 11.1. The first-order chi connectivity index (χ1) is 11.6. The molecule has 3 rings (SSSR count). The van der Waals surface area contributed by atoms with Crippen LogP contribution in [-0.4, -0.2) is 28.2 Å². The average Bonchev–Trinajstić information content (AvgIpc) is 2.99. The number of fused-ring (bicyclic) bond motifs is 1. The summed E-state index contributed by atoms with van der Waals surface area (Å²) in [5.41, 5.74) is 2.01. The Morgan fingerprint density at radius 1 is 1.25 bits per heavy atom. The summed E-state index contributed by atoms with van der Waals surface area (Å²) in [6, 6.07) is 9.90. The van der Waals surface area contributed by atoms with Crippen LogP contribution in [0.2, 0.25) is 0 Å². The maximum absolute atomic E-state index is 12.2. The predicted octanol–water partition coefficient (Wildman–Crippen LogP) is 3.54. The van der Waals surface area contributed by atoms with E-state index >= 15 is 0 Å². The molecule has 3 aromatic rings. The Kier molecular flexibility index (Phi) is 5.30. The number of nitrogens with zero attached hydrogens (tertiary/aromatic N) is 4. The van der Waals surface area contributed by atoms with Crippen molar-refractivity contribution in [1.29, 1.82) is 0 Å². The minimum Gasteiger partial charge on any atom is -0.349 e. The molecule has 2 aromatic heterocycles. The van der Waals surface area contributed by atoms with E-state index < -0.39 is 0 Å². The van der Waals surface area contributed by atoms with E-state index in [-0.39, 0.29) is 5.56 Å². The highest BCUT2D eigenvalue weighted by Crippen LogP contribution is 2.21. The molecule has 7 heteroatoms. The summed E-state index contributed by atoms with van der Waals surface area (Å²) in [6.45, 7) is 2.91. The van der Waals surface area contributed by atoms with Gasteiger partial charge in [0.05, 0.1) is 0 Å². The fraction of sp³-hybridized carbons (Fsp3) is 0.353. The van der Waals surface area contributed by atoms with Gasteiger partial charge < -0.3 is 4.90 Å². The summed E-state index contributed by atoms with van der Waals surface area (Å²) in [4.78, 5) is 19.4. The maximum atomic E-state index is 12.2. The minimum absolute atomic E-state index is 0.104. The van der Waals surface area contributed by atoms with Crippen LogP contribution >= 0.6 is 27.3 Å². The number of halogens is 1. The Labute approximate surface area is 153 Å². The van der Waals surface area contributed by atoms with Gasteiger partial charge in [-0.2, -0.15) is 4.52 Å². The van der Waals surface area contributed by atoms with E-state index in [9.17, 15) is 4.79 Å². The van der Waals surface area contributed by atoms with Crippen LogP contribution in [0.25, 0.3) is 4.96 Å². The van der Waals surface area contributed by atoms with E-state index in [1.54, 1.807) is 6.07 Å². The van der Waals surface area contributed by atoms with Crippen LogP contribution in [0.5, 0.6) is 0 Å². The summed E-state index contributed by atoms with van der Waals surface area (Å²) >= 11 is 4.90. The van der Waals surface area contributed by atoms with Crippen molar-refractivity contribution in [3.63, 3.8) is 0 Å². The average molecular weight is 407 g/mol. The van der Waals surface area contributed by atoms with E-state index in [1.807, 2.05) is 19.2 Å². The van der Waals surface area contributed by atoms with Crippen LogP contribution in [0.4, 0.5) is 5.13 Å². The highest BCUT2D eigenvalue weighted by Gasteiger charge is 2.12. The monoisotopic (exact) mass is 406 g/mol. The van der Waals surface area contributed by atoms with Crippen LogP contribution < -0.4 is 10.5 Å². The summed E-state index contributed by atoms with van der Waals surface area (Å²) in [5.74, 6) is 0. The van der Waals surface area contributed by atoms with Gasteiger partial charge in [0.25, 0.3) is 5.56 Å². The second-order valence-electron chi connectivity index (χ2n) is 5.71. The summed E-state index contributed by atoms with van der Waals surface area (Å²) < 4.78 is 2.48. The molecule has 0 amide bonds. The first kappa shape index (κ1) is 17.1. The molecule has 126 valence electrons. The van der Waals surface area contributed by atoms with Crippen LogP contribution in [0.15, 0.2) is 39.6 Å². The molecule has 5 nitrogen and oxygen atoms in total. The molecule has 0 unspecified atom stereocenters. The fourth-order valence-electron chi connectivity index (χ4n) is 2.43. The number of aromatic nitrogens is 3. The molecule has 0 radical (unpaired) electrons. The quantitative estimate of drug-likeness (QED) is 0.627. The van der Waals surface area contributed by atoms with Gasteiger partial charge >= 0.3 is 0 Å². The Morgan fingerprint density at radius 2 is 2.00 bits per heavy atom. The molecular weight excluding hydrogens is 388 g/mol. The van der Waals surface area contributed by atoms with Crippen molar-refractivity contribution in [3.05, 3.63) is 56.4 Å². The number of anilines is 1. The first-order valence-electron chi connectivity index (χ1n) is 7.92. The molecule has 2 heterocycles. The molecule has 0 bridgehead atoms. The lowest BCUT2D eigenvalue weighted by atomic mass is 10.1. The number of benzene rings is 1. The number of rotatable bonds is 6. The van der Waals surface area contributed by atoms with E-state index in [2.05, 4.69) is 50.0 Å². The molecule has 0 saturated heterocycles. The SMILES string of the molecule is CCCc1cc(=O)n2nc(N(C)CCc3ccc(Br)cc3)sc2n1. The molecule has 0 N–H and O–H groups in total. The molecular formula is C17H19BrN4OS. The Hall–Kier alpha value is -1.73. The van der Waals surface area contributed by atoms with Crippen LogP contribution in [0.3, 0.4) is 0 Å². The zero-order valence-electron chi connectivity index (χ0n) is 13.7. The molecule has 0 atom stereocenters. The summed E-state index contributed by atoms with van der Waals surface area (Å²) in [5, 5.41) is 5.23. The second kappa shape index (κ2) is 7.44. The van der Waals surface area contributed by atoms with E-state index in [0.717, 1.165) is 41.1 Å². The predicted molar refractivity (Wildman–Crippen MR) is 102 cm³/mol. The van der Waals surface area contributed by atoms with Crippen molar-refractivity contribution in [1.82, 2.24) is 14.6 Å². The van der Waals surface area contributed by atoms with Gasteiger partial charge in [0.1, 0.15) is 0 Å². The third-order valence-electron chi connectivity index (χ3n) is 3.77. The highest BCUT2D eigenvalue weighted by atomic mass is 79.9. The lowest BCUT2D eigenvalue weighted by molar-refractivity contribution is 0.814. The molecule has 0 spiro atoms. The third kappa shape index (κ3) is 3.84. The van der Waals surface area contributed by atoms with Crippen molar-refractivity contribution in [2.75, 3.05) is 18.5 Å². The molecule has 0 aliphatic rings. The van der Waals surface area contributed by atoms with Crippen molar-refractivity contribution in [2.24, 2.45) is 0 Å². The summed E-state index contributed by atoms with van der Waals surface area (Å²) in [7, 11) is 1.99. The topological polar surface area (TPSA) is 50.5 Å². The zero-order valence-corrected chi connectivity index (χ0v) is 16.1. The smallest absolute Gasteiger partial charge is 0.275 e. The van der Waals surface area contributed by atoms with Crippen molar-refractivity contribution in [3.8, 4) is 0 Å². The fourth-order valence-corrected chi connectivity index (χ4v) is 3.61. The van der Waals surface area contributed by atoms with Crippen LogP contribution in [-0.2, 0) is 12.8 Å². The van der Waals surface area contributed by atoms with Gasteiger partial charge in [-0.15, -0.1) is 5.10 Å². The highest BCUT2D eigenvalue weighted by molar-refractivity contribution is 9.10.